The van der Waals surface area contributed by atoms with E-state index >= 15 is 0 Å². The Morgan fingerprint density at radius 2 is 1.65 bits per heavy atom. The van der Waals surface area contributed by atoms with Crippen LogP contribution in [0.1, 0.15) is 32.1 Å². The average Bonchev–Trinajstić information content (AvgIpc) is 3.40. The minimum Gasteiger partial charge on any atom is -0.353 e. The molecule has 1 N–H and O–H groups in total. The van der Waals surface area contributed by atoms with Crippen molar-refractivity contribution in [2.75, 3.05) is 24.5 Å². The van der Waals surface area contributed by atoms with Crippen LogP contribution in [0, 0.1) is 11.8 Å². The first-order valence-corrected chi connectivity index (χ1v) is 9.56. The second kappa shape index (κ2) is 7.09. The van der Waals surface area contributed by atoms with Gasteiger partial charge in [-0.15, -0.1) is 0 Å². The lowest BCUT2D eigenvalue weighted by atomic mass is 9.94. The molecule has 6 heteroatoms. The number of rotatable bonds is 4. The zero-order valence-electron chi connectivity index (χ0n) is 14.9. The van der Waals surface area contributed by atoms with Crippen LogP contribution < -0.4 is 10.2 Å². The zero-order valence-corrected chi connectivity index (χ0v) is 14.9. The summed E-state index contributed by atoms with van der Waals surface area (Å²) in [5.74, 6) is -0.0535. The maximum Gasteiger partial charge on any atom is 0.228 e. The van der Waals surface area contributed by atoms with E-state index in [1.807, 2.05) is 35.2 Å². The molecule has 3 aliphatic rings. The average molecular weight is 355 g/mol. The Morgan fingerprint density at radius 1 is 0.962 bits per heavy atom. The number of piperidine rings is 1. The summed E-state index contributed by atoms with van der Waals surface area (Å²) in [5.41, 5.74) is 0.850. The fraction of sp³-hybridized carbons (Fsp3) is 0.550. The van der Waals surface area contributed by atoms with Gasteiger partial charge >= 0.3 is 0 Å². The molecule has 1 aromatic rings. The van der Waals surface area contributed by atoms with Crippen molar-refractivity contribution in [3.63, 3.8) is 0 Å². The lowest BCUT2D eigenvalue weighted by molar-refractivity contribution is -0.139. The Labute approximate surface area is 153 Å². The van der Waals surface area contributed by atoms with Crippen LogP contribution >= 0.6 is 0 Å². The number of likely N-dealkylation sites (tertiary alicyclic amines) is 1. The van der Waals surface area contributed by atoms with E-state index in [1.54, 1.807) is 4.90 Å². The quantitative estimate of drug-likeness (QED) is 0.891. The summed E-state index contributed by atoms with van der Waals surface area (Å²) >= 11 is 0. The molecule has 138 valence electrons. The highest BCUT2D eigenvalue weighted by Crippen LogP contribution is 2.28. The predicted octanol–water partition coefficient (Wildman–Crippen LogP) is 1.56. The van der Waals surface area contributed by atoms with Gasteiger partial charge in [0.25, 0.3) is 0 Å². The van der Waals surface area contributed by atoms with Crippen molar-refractivity contribution >= 4 is 23.4 Å². The molecular weight excluding hydrogens is 330 g/mol. The molecule has 1 aliphatic carbocycles. The third-order valence-electron chi connectivity index (χ3n) is 5.64. The van der Waals surface area contributed by atoms with Gasteiger partial charge in [-0.1, -0.05) is 18.2 Å². The Hall–Kier alpha value is -2.37. The van der Waals surface area contributed by atoms with Gasteiger partial charge in [-0.05, 0) is 37.8 Å². The number of anilines is 1. The van der Waals surface area contributed by atoms with Crippen LogP contribution in [0.2, 0.25) is 0 Å². The van der Waals surface area contributed by atoms with Gasteiger partial charge in [-0.2, -0.15) is 0 Å². The molecule has 1 atom stereocenters. The maximum absolute atomic E-state index is 12.8. The van der Waals surface area contributed by atoms with Crippen molar-refractivity contribution < 1.29 is 14.4 Å². The smallest absolute Gasteiger partial charge is 0.228 e. The molecular formula is C20H25N3O3. The van der Waals surface area contributed by atoms with Crippen LogP contribution in [0.25, 0.3) is 0 Å². The minimum absolute atomic E-state index is 0.00764. The van der Waals surface area contributed by atoms with Crippen LogP contribution in [-0.4, -0.2) is 48.3 Å². The number of hydrogen-bond donors (Lipinski definition) is 1. The molecule has 0 bridgehead atoms. The summed E-state index contributed by atoms with van der Waals surface area (Å²) in [6.45, 7) is 1.67. The highest BCUT2D eigenvalue weighted by atomic mass is 16.2. The van der Waals surface area contributed by atoms with E-state index in [0.29, 0.717) is 38.5 Å². The summed E-state index contributed by atoms with van der Waals surface area (Å²) in [6.07, 6.45) is 3.89. The van der Waals surface area contributed by atoms with Crippen molar-refractivity contribution in [3.8, 4) is 0 Å². The molecule has 1 aromatic carbocycles. The molecule has 1 saturated carbocycles. The fourth-order valence-electron chi connectivity index (χ4n) is 3.90. The maximum atomic E-state index is 12.8. The third-order valence-corrected chi connectivity index (χ3v) is 5.64. The van der Waals surface area contributed by atoms with E-state index in [9.17, 15) is 14.4 Å². The first-order chi connectivity index (χ1) is 12.6. The van der Waals surface area contributed by atoms with E-state index in [4.69, 9.17) is 0 Å². The molecule has 1 unspecified atom stereocenters. The number of carbonyl (C=O) groups is 3. The van der Waals surface area contributed by atoms with E-state index < -0.39 is 0 Å². The summed E-state index contributed by atoms with van der Waals surface area (Å²) in [7, 11) is 0. The molecule has 0 spiro atoms. The van der Waals surface area contributed by atoms with Gasteiger partial charge in [0.1, 0.15) is 0 Å². The highest BCUT2D eigenvalue weighted by Gasteiger charge is 2.39. The minimum atomic E-state index is -0.278. The number of para-hydroxylation sites is 1. The Kier molecular flexibility index (Phi) is 4.66. The van der Waals surface area contributed by atoms with Gasteiger partial charge in [0.05, 0.1) is 5.92 Å². The number of carbonyl (C=O) groups excluding carboxylic acids is 3. The number of hydrogen-bond acceptors (Lipinski definition) is 3. The topological polar surface area (TPSA) is 69.7 Å². The summed E-state index contributed by atoms with van der Waals surface area (Å²) < 4.78 is 0. The van der Waals surface area contributed by atoms with Crippen molar-refractivity contribution in [1.29, 1.82) is 0 Å². The van der Waals surface area contributed by atoms with Gasteiger partial charge in [-0.3, -0.25) is 14.4 Å². The number of benzene rings is 1. The molecule has 2 aliphatic heterocycles. The molecule has 26 heavy (non-hydrogen) atoms. The highest BCUT2D eigenvalue weighted by molar-refractivity contribution is 6.00. The van der Waals surface area contributed by atoms with Crippen molar-refractivity contribution in [2.24, 2.45) is 11.8 Å². The van der Waals surface area contributed by atoms with Crippen LogP contribution in [0.4, 0.5) is 5.69 Å². The SMILES string of the molecule is O=C(NC1CC1)C1CCN(C(=O)C2CC(=O)N(c3ccccc3)C2)CC1. The first-order valence-electron chi connectivity index (χ1n) is 9.56. The summed E-state index contributed by atoms with van der Waals surface area (Å²) in [5, 5.41) is 3.06. The standard InChI is InChI=1S/C20H25N3O3/c24-18-12-15(13-23(18)17-4-2-1-3-5-17)20(26)22-10-8-14(9-11-22)19(25)21-16-6-7-16/h1-5,14-16H,6-13H2,(H,21,25). The molecule has 0 radical (unpaired) electrons. The fourth-order valence-corrected chi connectivity index (χ4v) is 3.90. The predicted molar refractivity (Wildman–Crippen MR) is 97.4 cm³/mol. The largest absolute Gasteiger partial charge is 0.353 e. The number of nitrogens with zero attached hydrogens (tertiary/aromatic N) is 2. The van der Waals surface area contributed by atoms with Gasteiger partial charge in [-0.25, -0.2) is 0 Å². The van der Waals surface area contributed by atoms with Crippen molar-refractivity contribution in [2.45, 2.75) is 38.1 Å². The van der Waals surface area contributed by atoms with Crippen LogP contribution in [-0.2, 0) is 14.4 Å². The van der Waals surface area contributed by atoms with E-state index in [0.717, 1.165) is 18.5 Å². The molecule has 3 amide bonds. The molecule has 2 heterocycles. The molecule has 0 aromatic heterocycles. The first kappa shape index (κ1) is 17.1. The summed E-state index contributed by atoms with van der Waals surface area (Å²) in [4.78, 5) is 40.9. The number of amides is 3. The second-order valence-electron chi connectivity index (χ2n) is 7.62. The van der Waals surface area contributed by atoms with Crippen molar-refractivity contribution in [1.82, 2.24) is 10.2 Å². The third kappa shape index (κ3) is 3.59. The molecule has 2 saturated heterocycles. The van der Waals surface area contributed by atoms with Crippen LogP contribution in [0.3, 0.4) is 0 Å². The molecule has 4 rings (SSSR count). The van der Waals surface area contributed by atoms with E-state index in [2.05, 4.69) is 5.32 Å². The molecule has 6 nitrogen and oxygen atoms in total. The van der Waals surface area contributed by atoms with Gasteiger partial charge in [0.2, 0.25) is 17.7 Å². The Balaban J connectivity index is 1.31. The van der Waals surface area contributed by atoms with Crippen LogP contribution in [0.5, 0.6) is 0 Å². The van der Waals surface area contributed by atoms with Crippen LogP contribution in [0.15, 0.2) is 30.3 Å². The summed E-state index contributed by atoms with van der Waals surface area (Å²) in [6, 6.07) is 9.89. The van der Waals surface area contributed by atoms with E-state index in [1.165, 1.54) is 0 Å². The van der Waals surface area contributed by atoms with E-state index in [-0.39, 0.29) is 36.0 Å². The van der Waals surface area contributed by atoms with Gasteiger partial charge in [0.15, 0.2) is 0 Å². The lowest BCUT2D eigenvalue weighted by Crippen LogP contribution is -2.45. The monoisotopic (exact) mass is 355 g/mol. The lowest BCUT2D eigenvalue weighted by Gasteiger charge is -2.33. The molecule has 3 fully saturated rings. The Bertz CT molecular complexity index is 694. The van der Waals surface area contributed by atoms with Crippen molar-refractivity contribution in [3.05, 3.63) is 30.3 Å². The number of nitrogens with one attached hydrogen (secondary N) is 1. The van der Waals surface area contributed by atoms with Gasteiger partial charge < -0.3 is 15.1 Å². The van der Waals surface area contributed by atoms with Gasteiger partial charge in [0, 0.05) is 43.7 Å². The normalized spacial score (nSPS) is 24.0. The second-order valence-corrected chi connectivity index (χ2v) is 7.62. The Morgan fingerprint density at radius 3 is 2.31 bits per heavy atom. The zero-order chi connectivity index (χ0) is 18.1.